The predicted molar refractivity (Wildman–Crippen MR) is 48.8 cm³/mol. The Labute approximate surface area is 78.1 Å². The molecule has 0 bridgehead atoms. The summed E-state index contributed by atoms with van der Waals surface area (Å²) >= 11 is 0. The fourth-order valence-corrected chi connectivity index (χ4v) is 1.76. The van der Waals surface area contributed by atoms with Gasteiger partial charge in [-0.05, 0) is 33.9 Å². The molecule has 1 aliphatic heterocycles. The number of hydrogen-bond acceptors (Lipinski definition) is 2. The first-order chi connectivity index (χ1) is 5.75. The van der Waals surface area contributed by atoms with Crippen molar-refractivity contribution in [2.24, 2.45) is 11.7 Å². The van der Waals surface area contributed by atoms with Crippen molar-refractivity contribution in [1.29, 1.82) is 0 Å². The highest BCUT2D eigenvalue weighted by molar-refractivity contribution is 4.97. The topological polar surface area (TPSA) is 29.3 Å². The van der Waals surface area contributed by atoms with Crippen LogP contribution in [0.25, 0.3) is 0 Å². The lowest BCUT2D eigenvalue weighted by Crippen LogP contribution is -2.55. The molecule has 0 saturated carbocycles. The Morgan fingerprint density at radius 3 is 2.23 bits per heavy atom. The van der Waals surface area contributed by atoms with Crippen molar-refractivity contribution < 1.29 is 8.78 Å². The molecule has 1 atom stereocenters. The van der Waals surface area contributed by atoms with Gasteiger partial charge in [-0.25, -0.2) is 8.78 Å². The van der Waals surface area contributed by atoms with Crippen molar-refractivity contribution in [3.8, 4) is 0 Å². The highest BCUT2D eigenvalue weighted by Crippen LogP contribution is 2.38. The van der Waals surface area contributed by atoms with Gasteiger partial charge >= 0.3 is 0 Å². The number of nitrogens with two attached hydrogens (primary N) is 1. The minimum atomic E-state index is -2.77. The highest BCUT2D eigenvalue weighted by Gasteiger charge is 2.51. The molecule has 2 nitrogen and oxygen atoms in total. The van der Waals surface area contributed by atoms with E-state index in [4.69, 9.17) is 5.73 Å². The summed E-state index contributed by atoms with van der Waals surface area (Å²) in [5, 5.41) is 0. The number of alkyl halides is 2. The Balaban J connectivity index is 2.70. The first kappa shape index (κ1) is 10.9. The summed E-state index contributed by atoms with van der Waals surface area (Å²) in [4.78, 5) is 1.92. The van der Waals surface area contributed by atoms with Gasteiger partial charge in [0, 0.05) is 12.5 Å². The Bertz CT molecular complexity index is 187. The van der Waals surface area contributed by atoms with Crippen molar-refractivity contribution in [1.82, 2.24) is 4.90 Å². The monoisotopic (exact) mass is 192 g/mol. The van der Waals surface area contributed by atoms with Crippen LogP contribution in [-0.2, 0) is 0 Å². The third kappa shape index (κ3) is 1.99. The second-order valence-electron chi connectivity index (χ2n) is 4.59. The molecule has 4 heteroatoms. The van der Waals surface area contributed by atoms with Crippen LogP contribution in [-0.4, -0.2) is 36.5 Å². The molecular weight excluding hydrogens is 174 g/mol. The average Bonchev–Trinajstić information content (AvgIpc) is 2.33. The van der Waals surface area contributed by atoms with E-state index < -0.39 is 17.4 Å². The number of likely N-dealkylation sites (tertiary alicyclic amines) is 1. The van der Waals surface area contributed by atoms with E-state index in [9.17, 15) is 8.78 Å². The molecular formula is C9H18F2N2. The second kappa shape index (κ2) is 3.17. The summed E-state index contributed by atoms with van der Waals surface area (Å²) in [7, 11) is 1.86. The van der Waals surface area contributed by atoms with Gasteiger partial charge in [-0.1, -0.05) is 0 Å². The molecule has 1 rings (SSSR count). The molecule has 13 heavy (non-hydrogen) atoms. The largest absolute Gasteiger partial charge is 0.321 e. The van der Waals surface area contributed by atoms with E-state index in [0.717, 1.165) is 6.54 Å². The molecule has 1 unspecified atom stereocenters. The van der Waals surface area contributed by atoms with Crippen molar-refractivity contribution in [3.63, 3.8) is 0 Å². The Kier molecular flexibility index (Phi) is 2.65. The maximum absolute atomic E-state index is 13.7. The van der Waals surface area contributed by atoms with Gasteiger partial charge in [-0.15, -0.1) is 0 Å². The SMILES string of the molecule is CN1CCC(C(F)(F)C(C)(C)N)C1. The predicted octanol–water partition coefficient (Wildman–Crippen LogP) is 1.31. The number of rotatable bonds is 2. The van der Waals surface area contributed by atoms with E-state index in [1.165, 1.54) is 13.8 Å². The second-order valence-corrected chi connectivity index (χ2v) is 4.59. The molecule has 0 aromatic carbocycles. The lowest BCUT2D eigenvalue weighted by molar-refractivity contribution is -0.106. The molecule has 2 N–H and O–H groups in total. The van der Waals surface area contributed by atoms with Gasteiger partial charge in [0.2, 0.25) is 0 Å². The van der Waals surface area contributed by atoms with Gasteiger partial charge in [-0.3, -0.25) is 0 Å². The van der Waals surface area contributed by atoms with Crippen molar-refractivity contribution >= 4 is 0 Å². The summed E-state index contributed by atoms with van der Waals surface area (Å²) < 4.78 is 27.3. The molecule has 78 valence electrons. The zero-order valence-corrected chi connectivity index (χ0v) is 8.48. The number of halogens is 2. The zero-order chi connectivity index (χ0) is 10.3. The third-order valence-corrected chi connectivity index (χ3v) is 2.76. The molecule has 0 spiro atoms. The standard InChI is InChI=1S/C9H18F2N2/c1-8(2,12)9(10,11)7-4-5-13(3)6-7/h7H,4-6,12H2,1-3H3. The van der Waals surface area contributed by atoms with Gasteiger partial charge in [0.05, 0.1) is 5.54 Å². The van der Waals surface area contributed by atoms with E-state index in [1.807, 2.05) is 11.9 Å². The van der Waals surface area contributed by atoms with E-state index in [-0.39, 0.29) is 0 Å². The van der Waals surface area contributed by atoms with Crippen LogP contribution in [0.4, 0.5) is 8.78 Å². The summed E-state index contributed by atoms with van der Waals surface area (Å²) in [5.41, 5.74) is 4.06. The smallest absolute Gasteiger partial charge is 0.269 e. The van der Waals surface area contributed by atoms with Crippen LogP contribution in [0.2, 0.25) is 0 Å². The molecule has 0 aliphatic carbocycles. The highest BCUT2D eigenvalue weighted by atomic mass is 19.3. The fraction of sp³-hybridized carbons (Fsp3) is 1.00. The summed E-state index contributed by atoms with van der Waals surface area (Å²) in [6, 6.07) is 0. The summed E-state index contributed by atoms with van der Waals surface area (Å²) in [6.45, 7) is 3.99. The van der Waals surface area contributed by atoms with E-state index in [0.29, 0.717) is 13.0 Å². The van der Waals surface area contributed by atoms with Crippen LogP contribution in [0, 0.1) is 5.92 Å². The van der Waals surface area contributed by atoms with Crippen LogP contribution < -0.4 is 5.73 Å². The van der Waals surface area contributed by atoms with Crippen molar-refractivity contribution in [2.45, 2.75) is 31.7 Å². The van der Waals surface area contributed by atoms with Gasteiger partial charge in [0.15, 0.2) is 0 Å². The zero-order valence-electron chi connectivity index (χ0n) is 8.48. The van der Waals surface area contributed by atoms with Gasteiger partial charge in [-0.2, -0.15) is 0 Å². The van der Waals surface area contributed by atoms with Gasteiger partial charge < -0.3 is 10.6 Å². The van der Waals surface area contributed by atoms with Crippen LogP contribution in [0.3, 0.4) is 0 Å². The molecule has 0 amide bonds. The van der Waals surface area contributed by atoms with E-state index in [2.05, 4.69) is 0 Å². The number of hydrogen-bond donors (Lipinski definition) is 1. The lowest BCUT2D eigenvalue weighted by Gasteiger charge is -2.34. The average molecular weight is 192 g/mol. The summed E-state index contributed by atoms with van der Waals surface area (Å²) in [6.07, 6.45) is 0.546. The van der Waals surface area contributed by atoms with Crippen LogP contribution >= 0.6 is 0 Å². The number of nitrogens with zero attached hydrogens (tertiary/aromatic N) is 1. The normalized spacial score (nSPS) is 26.8. The quantitative estimate of drug-likeness (QED) is 0.714. The first-order valence-corrected chi connectivity index (χ1v) is 4.60. The Morgan fingerprint density at radius 2 is 1.92 bits per heavy atom. The Morgan fingerprint density at radius 1 is 1.38 bits per heavy atom. The van der Waals surface area contributed by atoms with E-state index in [1.54, 1.807) is 0 Å². The molecule has 0 aromatic rings. The van der Waals surface area contributed by atoms with Crippen LogP contribution in [0.15, 0.2) is 0 Å². The molecule has 1 aliphatic rings. The molecule has 1 fully saturated rings. The minimum Gasteiger partial charge on any atom is -0.321 e. The van der Waals surface area contributed by atoms with Crippen LogP contribution in [0.5, 0.6) is 0 Å². The molecule has 0 radical (unpaired) electrons. The summed E-state index contributed by atoms with van der Waals surface area (Å²) in [5.74, 6) is -3.35. The van der Waals surface area contributed by atoms with Crippen LogP contribution in [0.1, 0.15) is 20.3 Å². The maximum Gasteiger partial charge on any atom is 0.269 e. The van der Waals surface area contributed by atoms with Crippen molar-refractivity contribution in [3.05, 3.63) is 0 Å². The van der Waals surface area contributed by atoms with Crippen molar-refractivity contribution in [2.75, 3.05) is 20.1 Å². The first-order valence-electron chi connectivity index (χ1n) is 4.60. The molecule has 0 aromatic heterocycles. The molecule has 1 heterocycles. The fourth-order valence-electron chi connectivity index (χ4n) is 1.76. The Hall–Kier alpha value is -0.220. The van der Waals surface area contributed by atoms with Gasteiger partial charge in [0.1, 0.15) is 0 Å². The molecule has 1 saturated heterocycles. The third-order valence-electron chi connectivity index (χ3n) is 2.76. The van der Waals surface area contributed by atoms with Gasteiger partial charge in [0.25, 0.3) is 5.92 Å². The minimum absolute atomic E-state index is 0.452. The lowest BCUT2D eigenvalue weighted by atomic mass is 9.86. The maximum atomic E-state index is 13.7. The van der Waals surface area contributed by atoms with E-state index >= 15 is 0 Å².